The third-order valence-corrected chi connectivity index (χ3v) is 2.30. The van der Waals surface area contributed by atoms with Gasteiger partial charge in [0.15, 0.2) is 0 Å². The highest BCUT2D eigenvalue weighted by molar-refractivity contribution is 7.08. The Bertz CT molecular complexity index is 368. The molecule has 2 heterocycles. The van der Waals surface area contributed by atoms with E-state index in [1.807, 2.05) is 17.6 Å². The van der Waals surface area contributed by atoms with Gasteiger partial charge in [-0.1, -0.05) is 0 Å². The summed E-state index contributed by atoms with van der Waals surface area (Å²) in [7, 11) is 0. The summed E-state index contributed by atoms with van der Waals surface area (Å²) in [6.07, 6.45) is 3.47. The maximum Gasteiger partial charge on any atom is 0.0506 e. The maximum absolute atomic E-state index is 5.61. The smallest absolute Gasteiger partial charge is 0.0506 e. The van der Waals surface area contributed by atoms with Gasteiger partial charge in [0.05, 0.1) is 5.69 Å². The van der Waals surface area contributed by atoms with Crippen LogP contribution in [0.25, 0.3) is 11.1 Å². The Labute approximate surface area is 74.7 Å². The number of hydrogen-bond acceptors (Lipinski definition) is 3. The highest BCUT2D eigenvalue weighted by Gasteiger charge is 1.97. The van der Waals surface area contributed by atoms with Crippen molar-refractivity contribution < 1.29 is 0 Å². The quantitative estimate of drug-likeness (QED) is 0.724. The molecule has 0 bridgehead atoms. The Morgan fingerprint density at radius 2 is 2.17 bits per heavy atom. The van der Waals surface area contributed by atoms with Gasteiger partial charge in [-0.3, -0.25) is 4.98 Å². The van der Waals surface area contributed by atoms with Crippen LogP contribution >= 0.6 is 11.3 Å². The normalized spacial score (nSPS) is 10.0. The van der Waals surface area contributed by atoms with E-state index >= 15 is 0 Å². The molecule has 12 heavy (non-hydrogen) atoms. The highest BCUT2D eigenvalue weighted by Crippen LogP contribution is 2.22. The number of nitrogens with zero attached hydrogens (tertiary/aromatic N) is 1. The van der Waals surface area contributed by atoms with Crippen molar-refractivity contribution in [2.24, 2.45) is 0 Å². The van der Waals surface area contributed by atoms with E-state index in [0.717, 1.165) is 5.56 Å². The average Bonchev–Trinajstić information content (AvgIpc) is 2.56. The summed E-state index contributed by atoms with van der Waals surface area (Å²) in [5.41, 5.74) is 8.57. The lowest BCUT2D eigenvalue weighted by Gasteiger charge is -1.97. The molecule has 0 spiro atoms. The summed E-state index contributed by atoms with van der Waals surface area (Å²) in [6, 6.07) is 3.98. The van der Waals surface area contributed by atoms with Crippen LogP contribution < -0.4 is 5.73 Å². The van der Waals surface area contributed by atoms with E-state index in [1.54, 1.807) is 17.5 Å². The van der Waals surface area contributed by atoms with Crippen LogP contribution in [0.3, 0.4) is 0 Å². The van der Waals surface area contributed by atoms with Crippen molar-refractivity contribution in [3.8, 4) is 11.1 Å². The first-order chi connectivity index (χ1) is 5.86. The monoisotopic (exact) mass is 176 g/mol. The Balaban J connectivity index is 2.48. The predicted molar refractivity (Wildman–Crippen MR) is 52.0 cm³/mol. The van der Waals surface area contributed by atoms with Crippen molar-refractivity contribution in [1.29, 1.82) is 0 Å². The van der Waals surface area contributed by atoms with Crippen molar-refractivity contribution in [3.63, 3.8) is 0 Å². The Hall–Kier alpha value is -1.35. The molecule has 0 unspecified atom stereocenters. The minimum absolute atomic E-state index is 0.707. The van der Waals surface area contributed by atoms with E-state index in [4.69, 9.17) is 5.73 Å². The molecule has 2 nitrogen and oxygen atoms in total. The molecule has 0 amide bonds. The molecule has 2 rings (SSSR count). The summed E-state index contributed by atoms with van der Waals surface area (Å²) >= 11 is 1.67. The van der Waals surface area contributed by atoms with Gasteiger partial charge in [-0.05, 0) is 28.5 Å². The number of nitrogen functional groups attached to an aromatic ring is 1. The fourth-order valence-corrected chi connectivity index (χ4v) is 1.71. The minimum atomic E-state index is 0.707. The zero-order chi connectivity index (χ0) is 8.39. The first-order valence-electron chi connectivity index (χ1n) is 3.59. The van der Waals surface area contributed by atoms with E-state index in [0.29, 0.717) is 5.69 Å². The molecule has 2 aromatic heterocycles. The first kappa shape index (κ1) is 7.31. The number of thiophene rings is 1. The molecule has 2 aromatic rings. The lowest BCUT2D eigenvalue weighted by molar-refractivity contribution is 1.33. The largest absolute Gasteiger partial charge is 0.397 e. The minimum Gasteiger partial charge on any atom is -0.397 e. The zero-order valence-corrected chi connectivity index (χ0v) is 7.21. The maximum atomic E-state index is 5.61. The third kappa shape index (κ3) is 1.31. The molecule has 2 N–H and O–H groups in total. The number of hydrogen-bond donors (Lipinski definition) is 1. The lowest BCUT2D eigenvalue weighted by Crippen LogP contribution is -1.86. The van der Waals surface area contributed by atoms with Gasteiger partial charge in [0.1, 0.15) is 0 Å². The fourth-order valence-electron chi connectivity index (χ4n) is 1.04. The van der Waals surface area contributed by atoms with Gasteiger partial charge in [-0.15, -0.1) is 0 Å². The van der Waals surface area contributed by atoms with E-state index in [2.05, 4.69) is 16.4 Å². The molecular formula is C9H8N2S. The molecule has 0 radical (unpaired) electrons. The summed E-state index contributed by atoms with van der Waals surface area (Å²) in [5.74, 6) is 0. The van der Waals surface area contributed by atoms with Gasteiger partial charge < -0.3 is 5.73 Å². The van der Waals surface area contributed by atoms with Crippen LogP contribution in [0.4, 0.5) is 5.69 Å². The molecule has 0 aliphatic carbocycles. The second-order valence-corrected chi connectivity index (χ2v) is 3.30. The van der Waals surface area contributed by atoms with Gasteiger partial charge in [-0.2, -0.15) is 11.3 Å². The molecule has 3 heteroatoms. The van der Waals surface area contributed by atoms with Crippen LogP contribution in [0.2, 0.25) is 0 Å². The van der Waals surface area contributed by atoms with Crippen molar-refractivity contribution in [2.75, 3.05) is 5.73 Å². The number of aromatic nitrogens is 1. The second kappa shape index (κ2) is 2.95. The number of rotatable bonds is 1. The molecule has 0 aliphatic heterocycles. The molecular weight excluding hydrogens is 168 g/mol. The predicted octanol–water partition coefficient (Wildman–Crippen LogP) is 2.39. The van der Waals surface area contributed by atoms with Crippen LogP contribution in [0.15, 0.2) is 35.3 Å². The van der Waals surface area contributed by atoms with Gasteiger partial charge in [-0.25, -0.2) is 0 Å². The van der Waals surface area contributed by atoms with Crippen LogP contribution in [0.5, 0.6) is 0 Å². The summed E-state index contributed by atoms with van der Waals surface area (Å²) in [5, 5.41) is 4.12. The van der Waals surface area contributed by atoms with Crippen molar-refractivity contribution in [2.45, 2.75) is 0 Å². The van der Waals surface area contributed by atoms with Gasteiger partial charge in [0, 0.05) is 18.0 Å². The Morgan fingerprint density at radius 3 is 2.83 bits per heavy atom. The van der Waals surface area contributed by atoms with Crippen molar-refractivity contribution in [3.05, 3.63) is 35.3 Å². The summed E-state index contributed by atoms with van der Waals surface area (Å²) in [6.45, 7) is 0. The van der Waals surface area contributed by atoms with Gasteiger partial charge in [0.25, 0.3) is 0 Å². The summed E-state index contributed by atoms with van der Waals surface area (Å²) < 4.78 is 0. The van der Waals surface area contributed by atoms with Crippen molar-refractivity contribution in [1.82, 2.24) is 4.98 Å². The zero-order valence-electron chi connectivity index (χ0n) is 6.40. The second-order valence-electron chi connectivity index (χ2n) is 2.52. The lowest BCUT2D eigenvalue weighted by atomic mass is 10.1. The molecule has 0 atom stereocenters. The number of pyridine rings is 1. The van der Waals surface area contributed by atoms with Crippen LogP contribution in [-0.2, 0) is 0 Å². The molecule has 0 saturated heterocycles. The molecule has 0 aliphatic rings. The topological polar surface area (TPSA) is 38.9 Å². The van der Waals surface area contributed by atoms with Gasteiger partial charge in [0.2, 0.25) is 0 Å². The van der Waals surface area contributed by atoms with E-state index in [1.165, 1.54) is 5.56 Å². The molecule has 0 saturated carbocycles. The SMILES string of the molecule is Nc1cncc(-c2ccsc2)c1. The standard InChI is InChI=1S/C9H8N2S/c10-9-3-8(4-11-5-9)7-1-2-12-6-7/h1-6H,10H2. The fraction of sp³-hybridized carbons (Fsp3) is 0. The number of nitrogens with two attached hydrogens (primary N) is 1. The van der Waals surface area contributed by atoms with Crippen LogP contribution in [0, 0.1) is 0 Å². The Kier molecular flexibility index (Phi) is 1.80. The molecule has 60 valence electrons. The molecule has 0 aromatic carbocycles. The number of anilines is 1. The van der Waals surface area contributed by atoms with Crippen LogP contribution in [-0.4, -0.2) is 4.98 Å². The summed E-state index contributed by atoms with van der Waals surface area (Å²) in [4.78, 5) is 4.02. The van der Waals surface area contributed by atoms with Crippen LogP contribution in [0.1, 0.15) is 0 Å². The third-order valence-electron chi connectivity index (χ3n) is 1.61. The Morgan fingerprint density at radius 1 is 1.25 bits per heavy atom. The van der Waals surface area contributed by atoms with E-state index in [9.17, 15) is 0 Å². The van der Waals surface area contributed by atoms with E-state index < -0.39 is 0 Å². The average molecular weight is 176 g/mol. The van der Waals surface area contributed by atoms with Gasteiger partial charge >= 0.3 is 0 Å². The van der Waals surface area contributed by atoms with E-state index in [-0.39, 0.29) is 0 Å². The first-order valence-corrected chi connectivity index (χ1v) is 4.53. The van der Waals surface area contributed by atoms with Crippen molar-refractivity contribution >= 4 is 17.0 Å². The molecule has 0 fully saturated rings. The highest BCUT2D eigenvalue weighted by atomic mass is 32.1.